The van der Waals surface area contributed by atoms with Crippen LogP contribution in [0.15, 0.2) is 64.9 Å². The molecule has 0 heterocycles. The molecule has 0 saturated carbocycles. The van der Waals surface area contributed by atoms with Crippen molar-refractivity contribution in [1.82, 2.24) is 5.01 Å². The normalized spacial score (nSPS) is 14.1. The van der Waals surface area contributed by atoms with Gasteiger partial charge in [0.1, 0.15) is 6.10 Å². The van der Waals surface area contributed by atoms with Crippen molar-refractivity contribution in [3.8, 4) is 0 Å². The number of rotatable bonds is 5. The minimum atomic E-state index is -0.604. The zero-order chi connectivity index (χ0) is 15.2. The van der Waals surface area contributed by atoms with Gasteiger partial charge in [0.15, 0.2) is 0 Å². The summed E-state index contributed by atoms with van der Waals surface area (Å²) in [7, 11) is 1.81. The predicted molar refractivity (Wildman–Crippen MR) is 84.3 cm³/mol. The molecule has 0 fully saturated rings. The van der Waals surface area contributed by atoms with E-state index in [2.05, 4.69) is 10.3 Å². The predicted octanol–water partition coefficient (Wildman–Crippen LogP) is 4.05. The van der Waals surface area contributed by atoms with Crippen LogP contribution in [0.1, 0.15) is 24.2 Å². The molecule has 0 amide bonds. The highest BCUT2D eigenvalue weighted by molar-refractivity contribution is 5.37. The van der Waals surface area contributed by atoms with Gasteiger partial charge in [-0.05, 0) is 31.5 Å². The van der Waals surface area contributed by atoms with Crippen LogP contribution >= 0.6 is 0 Å². The highest BCUT2D eigenvalue weighted by atomic mass is 16.3. The van der Waals surface area contributed by atoms with Crippen LogP contribution in [0.3, 0.4) is 0 Å². The van der Waals surface area contributed by atoms with E-state index in [9.17, 15) is 5.11 Å². The number of aryl methyl sites for hydroxylation is 1. The van der Waals surface area contributed by atoms with Crippen molar-refractivity contribution in [1.29, 1.82) is 0 Å². The van der Waals surface area contributed by atoms with Crippen molar-refractivity contribution in [2.75, 3.05) is 7.05 Å². The molecule has 2 rings (SSSR count). The quantitative estimate of drug-likeness (QED) is 0.665. The fourth-order valence-electron chi connectivity index (χ4n) is 1.95. The first-order chi connectivity index (χ1) is 10.1. The summed E-state index contributed by atoms with van der Waals surface area (Å²) in [4.78, 5) is 0. The van der Waals surface area contributed by atoms with Crippen LogP contribution in [0.4, 0.5) is 5.69 Å². The molecular weight excluding hydrogens is 262 g/mol. The Balaban J connectivity index is 2.02. The van der Waals surface area contributed by atoms with Gasteiger partial charge in [-0.15, -0.1) is 5.11 Å². The van der Waals surface area contributed by atoms with Crippen molar-refractivity contribution >= 4 is 5.69 Å². The third-order valence-corrected chi connectivity index (χ3v) is 3.52. The Morgan fingerprint density at radius 3 is 2.24 bits per heavy atom. The maximum absolute atomic E-state index is 10.3. The Bertz CT molecular complexity index is 581. The Morgan fingerprint density at radius 1 is 1.00 bits per heavy atom. The maximum Gasteiger partial charge on any atom is 0.101 e. The van der Waals surface area contributed by atoms with Crippen LogP contribution in [-0.4, -0.2) is 23.2 Å². The second-order valence-corrected chi connectivity index (χ2v) is 5.19. The van der Waals surface area contributed by atoms with Crippen LogP contribution in [0.5, 0.6) is 0 Å². The molecular formula is C17H21N3O. The van der Waals surface area contributed by atoms with E-state index >= 15 is 0 Å². The van der Waals surface area contributed by atoms with Crippen molar-refractivity contribution in [2.24, 2.45) is 10.3 Å². The second-order valence-electron chi connectivity index (χ2n) is 5.19. The molecule has 0 aromatic heterocycles. The van der Waals surface area contributed by atoms with Gasteiger partial charge in [0.2, 0.25) is 0 Å². The molecule has 0 radical (unpaired) electrons. The minimum Gasteiger partial charge on any atom is -0.386 e. The zero-order valence-electron chi connectivity index (χ0n) is 12.6. The van der Waals surface area contributed by atoms with Gasteiger partial charge in [0.05, 0.1) is 11.7 Å². The topological polar surface area (TPSA) is 48.2 Å². The first-order valence-electron chi connectivity index (χ1n) is 7.02. The summed E-state index contributed by atoms with van der Waals surface area (Å²) in [6.07, 6.45) is -0.604. The average Bonchev–Trinajstić information content (AvgIpc) is 2.53. The standard InChI is InChI=1S/C17H21N3O/c1-13-9-11-16(12-10-13)18-19-20(3)14(2)17(21)15-7-5-4-6-8-15/h4-12,14,17,21H,1-3H3. The summed E-state index contributed by atoms with van der Waals surface area (Å²) in [6, 6.07) is 17.3. The van der Waals surface area contributed by atoms with Crippen LogP contribution < -0.4 is 0 Å². The van der Waals surface area contributed by atoms with E-state index in [1.54, 1.807) is 5.01 Å². The molecule has 0 aliphatic rings. The summed E-state index contributed by atoms with van der Waals surface area (Å²) in [6.45, 7) is 3.96. The summed E-state index contributed by atoms with van der Waals surface area (Å²) < 4.78 is 0. The van der Waals surface area contributed by atoms with E-state index in [1.807, 2.05) is 75.5 Å². The average molecular weight is 283 g/mol. The smallest absolute Gasteiger partial charge is 0.101 e. The molecule has 21 heavy (non-hydrogen) atoms. The van der Waals surface area contributed by atoms with Gasteiger partial charge in [-0.1, -0.05) is 53.3 Å². The van der Waals surface area contributed by atoms with Crippen molar-refractivity contribution in [3.05, 3.63) is 65.7 Å². The van der Waals surface area contributed by atoms with Crippen LogP contribution in [-0.2, 0) is 0 Å². The summed E-state index contributed by atoms with van der Waals surface area (Å²) in [5, 5.41) is 20.4. The zero-order valence-corrected chi connectivity index (χ0v) is 12.6. The van der Waals surface area contributed by atoms with Crippen LogP contribution in [0.2, 0.25) is 0 Å². The molecule has 1 N–H and O–H groups in total. The number of likely N-dealkylation sites (N-methyl/N-ethyl adjacent to an activating group) is 1. The molecule has 0 spiro atoms. The molecule has 4 heteroatoms. The van der Waals surface area contributed by atoms with E-state index in [-0.39, 0.29) is 6.04 Å². The number of hydrogen-bond acceptors (Lipinski definition) is 3. The molecule has 2 aromatic carbocycles. The van der Waals surface area contributed by atoms with Gasteiger partial charge < -0.3 is 5.11 Å². The van der Waals surface area contributed by atoms with Crippen molar-refractivity contribution < 1.29 is 5.11 Å². The summed E-state index contributed by atoms with van der Waals surface area (Å²) in [5.74, 6) is 0. The van der Waals surface area contributed by atoms with Crippen LogP contribution in [0, 0.1) is 6.92 Å². The number of aliphatic hydroxyl groups is 1. The number of hydrogen-bond donors (Lipinski definition) is 1. The lowest BCUT2D eigenvalue weighted by Gasteiger charge is -2.25. The van der Waals surface area contributed by atoms with E-state index in [1.165, 1.54) is 5.56 Å². The van der Waals surface area contributed by atoms with Gasteiger partial charge in [0, 0.05) is 7.05 Å². The van der Waals surface area contributed by atoms with E-state index < -0.39 is 6.10 Å². The monoisotopic (exact) mass is 283 g/mol. The van der Waals surface area contributed by atoms with E-state index in [0.717, 1.165) is 11.3 Å². The lowest BCUT2D eigenvalue weighted by Crippen LogP contribution is -2.30. The molecule has 4 nitrogen and oxygen atoms in total. The van der Waals surface area contributed by atoms with E-state index in [4.69, 9.17) is 0 Å². The lowest BCUT2D eigenvalue weighted by molar-refractivity contribution is 0.0701. The maximum atomic E-state index is 10.3. The molecule has 110 valence electrons. The number of aliphatic hydroxyl groups excluding tert-OH is 1. The van der Waals surface area contributed by atoms with Gasteiger partial charge >= 0.3 is 0 Å². The highest BCUT2D eigenvalue weighted by Crippen LogP contribution is 2.21. The molecule has 0 aliphatic heterocycles. The van der Waals surface area contributed by atoms with Crippen molar-refractivity contribution in [2.45, 2.75) is 26.0 Å². The molecule has 0 saturated heterocycles. The number of nitrogens with zero attached hydrogens (tertiary/aromatic N) is 3. The lowest BCUT2D eigenvalue weighted by atomic mass is 10.0. The van der Waals surface area contributed by atoms with Gasteiger partial charge in [-0.2, -0.15) is 0 Å². The molecule has 0 bridgehead atoms. The highest BCUT2D eigenvalue weighted by Gasteiger charge is 2.19. The fraction of sp³-hybridized carbons (Fsp3) is 0.294. The first-order valence-corrected chi connectivity index (χ1v) is 7.02. The molecule has 2 unspecified atom stereocenters. The Hall–Kier alpha value is -2.20. The minimum absolute atomic E-state index is 0.165. The SMILES string of the molecule is Cc1ccc(N=NN(C)C(C)C(O)c2ccccc2)cc1. The largest absolute Gasteiger partial charge is 0.386 e. The van der Waals surface area contributed by atoms with Crippen LogP contribution in [0.25, 0.3) is 0 Å². The van der Waals surface area contributed by atoms with Gasteiger partial charge in [0.25, 0.3) is 0 Å². The summed E-state index contributed by atoms with van der Waals surface area (Å²) in [5.41, 5.74) is 2.87. The van der Waals surface area contributed by atoms with Crippen molar-refractivity contribution in [3.63, 3.8) is 0 Å². The third kappa shape index (κ3) is 4.13. The Morgan fingerprint density at radius 2 is 1.62 bits per heavy atom. The summed E-state index contributed by atoms with van der Waals surface area (Å²) >= 11 is 0. The fourth-order valence-corrected chi connectivity index (χ4v) is 1.95. The molecule has 0 aliphatic carbocycles. The third-order valence-electron chi connectivity index (χ3n) is 3.52. The van der Waals surface area contributed by atoms with Gasteiger partial charge in [-0.3, -0.25) is 5.01 Å². The second kappa shape index (κ2) is 6.99. The van der Waals surface area contributed by atoms with E-state index in [0.29, 0.717) is 0 Å². The molecule has 2 atom stereocenters. The molecule has 2 aromatic rings. The van der Waals surface area contributed by atoms with Gasteiger partial charge in [-0.25, -0.2) is 0 Å². The Labute approximate surface area is 125 Å². The Kier molecular flexibility index (Phi) is 5.06. The first kappa shape index (κ1) is 15.2. The number of benzene rings is 2.